The molecule has 0 bridgehead atoms. The van der Waals surface area contributed by atoms with E-state index in [2.05, 4.69) is 17.3 Å². The number of nitrogens with zero attached hydrogens (tertiary/aromatic N) is 1. The van der Waals surface area contributed by atoms with Crippen LogP contribution < -0.4 is 0 Å². The van der Waals surface area contributed by atoms with Crippen LogP contribution in [-0.4, -0.2) is 19.1 Å². The highest BCUT2D eigenvalue weighted by atomic mass is 16.7. The molecule has 3 heteroatoms. The van der Waals surface area contributed by atoms with Crippen LogP contribution in [0, 0.1) is 5.92 Å². The predicted molar refractivity (Wildman–Crippen MR) is 41.2 cm³/mol. The minimum absolute atomic E-state index is 0.138. The van der Waals surface area contributed by atoms with Crippen LogP contribution in [0.3, 0.4) is 0 Å². The lowest BCUT2D eigenvalue weighted by Crippen LogP contribution is -2.24. The van der Waals surface area contributed by atoms with Crippen LogP contribution in [0.1, 0.15) is 12.8 Å². The molecule has 0 saturated carbocycles. The SMILES string of the molecule is COC1=NO[C@H]2C=CCC[C@@H]12. The molecule has 2 atom stereocenters. The van der Waals surface area contributed by atoms with Crippen molar-refractivity contribution >= 4 is 5.90 Å². The lowest BCUT2D eigenvalue weighted by atomic mass is 9.92. The molecule has 0 fully saturated rings. The Morgan fingerprint density at radius 2 is 2.64 bits per heavy atom. The number of rotatable bonds is 0. The number of methoxy groups -OCH3 is 1. The van der Waals surface area contributed by atoms with Gasteiger partial charge in [0.05, 0.1) is 13.0 Å². The van der Waals surface area contributed by atoms with Crippen LogP contribution in [0.4, 0.5) is 0 Å². The summed E-state index contributed by atoms with van der Waals surface area (Å²) in [6.45, 7) is 0. The van der Waals surface area contributed by atoms with E-state index in [9.17, 15) is 0 Å². The first-order valence-electron chi connectivity index (χ1n) is 3.86. The second-order valence-electron chi connectivity index (χ2n) is 2.82. The van der Waals surface area contributed by atoms with Gasteiger partial charge in [-0.2, -0.15) is 0 Å². The summed E-state index contributed by atoms with van der Waals surface area (Å²) in [7, 11) is 1.64. The van der Waals surface area contributed by atoms with E-state index in [1.807, 2.05) is 0 Å². The third-order valence-corrected chi connectivity index (χ3v) is 2.16. The van der Waals surface area contributed by atoms with Crippen molar-refractivity contribution in [3.63, 3.8) is 0 Å². The molecule has 0 amide bonds. The highest BCUT2D eigenvalue weighted by Crippen LogP contribution is 2.28. The molecule has 3 nitrogen and oxygen atoms in total. The van der Waals surface area contributed by atoms with Gasteiger partial charge in [0.25, 0.3) is 0 Å². The highest BCUT2D eigenvalue weighted by molar-refractivity contribution is 5.80. The normalized spacial score (nSPS) is 34.1. The van der Waals surface area contributed by atoms with E-state index in [1.54, 1.807) is 7.11 Å². The van der Waals surface area contributed by atoms with E-state index in [0.717, 1.165) is 18.7 Å². The molecule has 60 valence electrons. The Morgan fingerprint density at radius 1 is 1.73 bits per heavy atom. The molecule has 0 saturated heterocycles. The molecule has 0 aromatic heterocycles. The zero-order chi connectivity index (χ0) is 7.68. The molecule has 1 heterocycles. The van der Waals surface area contributed by atoms with Crippen LogP contribution in [0.2, 0.25) is 0 Å². The Hall–Kier alpha value is -0.990. The first-order valence-corrected chi connectivity index (χ1v) is 3.86. The third-order valence-electron chi connectivity index (χ3n) is 2.16. The smallest absolute Gasteiger partial charge is 0.232 e. The van der Waals surface area contributed by atoms with Gasteiger partial charge in [-0.15, -0.1) is 0 Å². The third kappa shape index (κ3) is 1.00. The maximum atomic E-state index is 5.14. The summed E-state index contributed by atoms with van der Waals surface area (Å²) in [5.74, 6) is 1.12. The van der Waals surface area contributed by atoms with Crippen molar-refractivity contribution in [3.05, 3.63) is 12.2 Å². The number of hydrogen-bond donors (Lipinski definition) is 0. The van der Waals surface area contributed by atoms with Crippen molar-refractivity contribution in [3.8, 4) is 0 Å². The molecular formula is C8H11NO2. The summed E-state index contributed by atoms with van der Waals surface area (Å²) in [5, 5.41) is 3.84. The number of fused-ring (bicyclic) bond motifs is 1. The topological polar surface area (TPSA) is 30.8 Å². The van der Waals surface area contributed by atoms with Gasteiger partial charge in [0, 0.05) is 0 Å². The number of allylic oxidation sites excluding steroid dienone is 1. The quantitative estimate of drug-likeness (QED) is 0.491. The fraction of sp³-hybridized carbons (Fsp3) is 0.625. The minimum Gasteiger partial charge on any atom is -0.482 e. The van der Waals surface area contributed by atoms with Crippen molar-refractivity contribution in [1.29, 1.82) is 0 Å². The summed E-state index contributed by atoms with van der Waals surface area (Å²) in [6.07, 6.45) is 6.53. The maximum absolute atomic E-state index is 5.14. The Balaban J connectivity index is 2.14. The number of hydrogen-bond acceptors (Lipinski definition) is 3. The number of ether oxygens (including phenoxy) is 1. The van der Waals surface area contributed by atoms with Crippen LogP contribution in [0.15, 0.2) is 17.3 Å². The zero-order valence-corrected chi connectivity index (χ0v) is 6.49. The summed E-state index contributed by atoms with van der Waals surface area (Å²) >= 11 is 0. The molecule has 0 radical (unpaired) electrons. The second-order valence-corrected chi connectivity index (χ2v) is 2.82. The fourth-order valence-corrected chi connectivity index (χ4v) is 1.55. The molecule has 0 spiro atoms. The lowest BCUT2D eigenvalue weighted by molar-refractivity contribution is 0.0919. The van der Waals surface area contributed by atoms with E-state index in [1.165, 1.54) is 0 Å². The van der Waals surface area contributed by atoms with Crippen LogP contribution in [0.25, 0.3) is 0 Å². The van der Waals surface area contributed by atoms with Gasteiger partial charge in [0.1, 0.15) is 0 Å². The van der Waals surface area contributed by atoms with Gasteiger partial charge in [-0.1, -0.05) is 11.2 Å². The molecular weight excluding hydrogens is 142 g/mol. The van der Waals surface area contributed by atoms with Gasteiger partial charge >= 0.3 is 0 Å². The standard InChI is InChI=1S/C8H11NO2/c1-10-8-6-4-2-3-5-7(6)11-9-8/h3,5-7H,2,4H2,1H3/t6-,7+/m1/s1. The van der Waals surface area contributed by atoms with Gasteiger partial charge in [0.15, 0.2) is 6.10 Å². The highest BCUT2D eigenvalue weighted by Gasteiger charge is 2.34. The molecule has 11 heavy (non-hydrogen) atoms. The molecule has 0 aromatic carbocycles. The fourth-order valence-electron chi connectivity index (χ4n) is 1.55. The van der Waals surface area contributed by atoms with Crippen LogP contribution in [-0.2, 0) is 9.57 Å². The predicted octanol–water partition coefficient (Wildman–Crippen LogP) is 1.31. The van der Waals surface area contributed by atoms with E-state index >= 15 is 0 Å². The number of oxime groups is 1. The first kappa shape index (κ1) is 6.70. The van der Waals surface area contributed by atoms with Crippen molar-refractivity contribution < 1.29 is 9.57 Å². The molecule has 0 unspecified atom stereocenters. The average Bonchev–Trinajstić information content (AvgIpc) is 2.47. The molecule has 2 rings (SSSR count). The Bertz CT molecular complexity index is 210. The molecule has 1 aliphatic carbocycles. The largest absolute Gasteiger partial charge is 0.482 e. The summed E-state index contributed by atoms with van der Waals surface area (Å²) in [5.41, 5.74) is 0. The van der Waals surface area contributed by atoms with Gasteiger partial charge in [0.2, 0.25) is 5.90 Å². The van der Waals surface area contributed by atoms with Gasteiger partial charge in [-0.25, -0.2) is 0 Å². The van der Waals surface area contributed by atoms with Crippen LogP contribution >= 0.6 is 0 Å². The Labute approximate surface area is 65.7 Å². The summed E-state index contributed by atoms with van der Waals surface area (Å²) < 4.78 is 5.07. The Morgan fingerprint density at radius 3 is 3.45 bits per heavy atom. The average molecular weight is 153 g/mol. The maximum Gasteiger partial charge on any atom is 0.232 e. The zero-order valence-electron chi connectivity index (χ0n) is 6.49. The second kappa shape index (κ2) is 2.57. The van der Waals surface area contributed by atoms with Crippen molar-refractivity contribution in [2.45, 2.75) is 18.9 Å². The van der Waals surface area contributed by atoms with E-state index < -0.39 is 0 Å². The van der Waals surface area contributed by atoms with Crippen molar-refractivity contribution in [2.75, 3.05) is 7.11 Å². The van der Waals surface area contributed by atoms with Crippen molar-refractivity contribution in [2.24, 2.45) is 11.1 Å². The van der Waals surface area contributed by atoms with Crippen LogP contribution in [0.5, 0.6) is 0 Å². The Kier molecular flexibility index (Phi) is 1.56. The molecule has 2 aliphatic rings. The summed E-state index contributed by atoms with van der Waals surface area (Å²) in [4.78, 5) is 5.14. The first-order chi connectivity index (χ1) is 5.42. The van der Waals surface area contributed by atoms with Gasteiger partial charge < -0.3 is 9.57 Å². The van der Waals surface area contributed by atoms with Crippen molar-refractivity contribution in [1.82, 2.24) is 0 Å². The molecule has 0 aromatic rings. The molecule has 1 aliphatic heterocycles. The molecule has 0 N–H and O–H groups in total. The monoisotopic (exact) mass is 153 g/mol. The van der Waals surface area contributed by atoms with Gasteiger partial charge in [-0.3, -0.25) is 0 Å². The van der Waals surface area contributed by atoms with Gasteiger partial charge in [-0.05, 0) is 18.9 Å². The van der Waals surface area contributed by atoms with E-state index in [-0.39, 0.29) is 6.10 Å². The van der Waals surface area contributed by atoms with E-state index in [4.69, 9.17) is 9.57 Å². The van der Waals surface area contributed by atoms with E-state index in [0.29, 0.717) is 5.92 Å². The lowest BCUT2D eigenvalue weighted by Gasteiger charge is -2.17. The minimum atomic E-state index is 0.138. The summed E-state index contributed by atoms with van der Waals surface area (Å²) in [6, 6.07) is 0.